The molecule has 1 aliphatic rings. The molecule has 0 radical (unpaired) electrons. The highest BCUT2D eigenvalue weighted by molar-refractivity contribution is 5.69. The summed E-state index contributed by atoms with van der Waals surface area (Å²) in [5.74, 6) is -0.873. The quantitative estimate of drug-likeness (QED) is 0.869. The van der Waals surface area contributed by atoms with E-state index in [0.29, 0.717) is 6.54 Å². The minimum absolute atomic E-state index is 0.0100. The van der Waals surface area contributed by atoms with Gasteiger partial charge in [-0.1, -0.05) is 31.0 Å². The summed E-state index contributed by atoms with van der Waals surface area (Å²) >= 11 is 0. The van der Waals surface area contributed by atoms with Gasteiger partial charge >= 0.3 is 5.97 Å². The summed E-state index contributed by atoms with van der Waals surface area (Å²) in [4.78, 5) is 12.9. The highest BCUT2D eigenvalue weighted by atomic mass is 19.3. The third-order valence-corrected chi connectivity index (χ3v) is 3.77. The Hall–Kier alpha value is -1.49. The first-order valence-electron chi connectivity index (χ1n) is 6.89. The average molecular weight is 283 g/mol. The Bertz CT molecular complexity index is 459. The molecule has 0 bridgehead atoms. The Labute approximate surface area is 117 Å². The van der Waals surface area contributed by atoms with Crippen LogP contribution in [0.5, 0.6) is 0 Å². The van der Waals surface area contributed by atoms with Gasteiger partial charge in [0.2, 0.25) is 0 Å². The molecule has 0 spiro atoms. The first kappa shape index (κ1) is 14.9. The zero-order valence-electron chi connectivity index (χ0n) is 11.3. The molecule has 0 unspecified atom stereocenters. The number of hydrogen-bond donors (Lipinski definition) is 1. The number of halogens is 2. The van der Waals surface area contributed by atoms with E-state index >= 15 is 0 Å². The number of benzene rings is 1. The maximum Gasteiger partial charge on any atom is 0.317 e. The second-order valence-electron chi connectivity index (χ2n) is 5.28. The molecule has 110 valence electrons. The smallest absolute Gasteiger partial charge is 0.317 e. The number of alkyl halides is 2. The van der Waals surface area contributed by atoms with Crippen molar-refractivity contribution >= 4 is 5.97 Å². The molecule has 3 nitrogen and oxygen atoms in total. The lowest BCUT2D eigenvalue weighted by atomic mass is 10.1. The SMILES string of the molecule is O=C(O)CN(Cc1cccc(C(F)F)c1)C1CCCC1. The van der Waals surface area contributed by atoms with Crippen molar-refractivity contribution in [3.63, 3.8) is 0 Å². The summed E-state index contributed by atoms with van der Waals surface area (Å²) in [6, 6.07) is 6.49. The maximum absolute atomic E-state index is 12.7. The molecular formula is C15H19F2NO2. The van der Waals surface area contributed by atoms with Crippen LogP contribution in [-0.4, -0.2) is 28.6 Å². The Morgan fingerprint density at radius 2 is 2.05 bits per heavy atom. The Morgan fingerprint density at radius 1 is 1.35 bits per heavy atom. The van der Waals surface area contributed by atoms with Crippen molar-refractivity contribution in [2.75, 3.05) is 6.54 Å². The minimum Gasteiger partial charge on any atom is -0.480 e. The Balaban J connectivity index is 2.09. The van der Waals surface area contributed by atoms with E-state index in [0.717, 1.165) is 31.2 Å². The molecular weight excluding hydrogens is 264 g/mol. The number of rotatable bonds is 6. The molecule has 0 atom stereocenters. The fraction of sp³-hybridized carbons (Fsp3) is 0.533. The van der Waals surface area contributed by atoms with Gasteiger partial charge in [0.15, 0.2) is 0 Å². The molecule has 2 rings (SSSR count). The predicted molar refractivity (Wildman–Crippen MR) is 71.7 cm³/mol. The van der Waals surface area contributed by atoms with Crippen LogP contribution in [0.4, 0.5) is 8.78 Å². The molecule has 0 heterocycles. The van der Waals surface area contributed by atoms with Gasteiger partial charge < -0.3 is 5.11 Å². The van der Waals surface area contributed by atoms with E-state index in [4.69, 9.17) is 5.11 Å². The standard InChI is InChI=1S/C15H19F2NO2/c16-15(17)12-5-3-4-11(8-12)9-18(10-14(19)20)13-6-1-2-7-13/h3-5,8,13,15H,1-2,6-7,9-10H2,(H,19,20). The van der Waals surface area contributed by atoms with E-state index < -0.39 is 12.4 Å². The van der Waals surface area contributed by atoms with E-state index in [1.54, 1.807) is 12.1 Å². The molecule has 0 saturated heterocycles. The van der Waals surface area contributed by atoms with Gasteiger partial charge in [0.25, 0.3) is 6.43 Å². The summed E-state index contributed by atoms with van der Waals surface area (Å²) in [5, 5.41) is 9.00. The van der Waals surface area contributed by atoms with Gasteiger partial charge in [-0.15, -0.1) is 0 Å². The number of carboxylic acids is 1. The summed E-state index contributed by atoms with van der Waals surface area (Å²) in [7, 11) is 0. The van der Waals surface area contributed by atoms with Crippen LogP contribution in [0.1, 0.15) is 43.2 Å². The zero-order chi connectivity index (χ0) is 14.5. The lowest BCUT2D eigenvalue weighted by Crippen LogP contribution is -2.37. The predicted octanol–water partition coefficient (Wildman–Crippen LogP) is 3.45. The zero-order valence-corrected chi connectivity index (χ0v) is 11.3. The van der Waals surface area contributed by atoms with E-state index in [1.165, 1.54) is 12.1 Å². The van der Waals surface area contributed by atoms with Crippen molar-refractivity contribution in [3.8, 4) is 0 Å². The normalized spacial score (nSPS) is 16.2. The molecule has 0 aliphatic heterocycles. The first-order chi connectivity index (χ1) is 9.56. The third kappa shape index (κ3) is 4.00. The van der Waals surface area contributed by atoms with Crippen molar-refractivity contribution in [1.82, 2.24) is 4.90 Å². The van der Waals surface area contributed by atoms with Crippen LogP contribution in [0.2, 0.25) is 0 Å². The summed E-state index contributed by atoms with van der Waals surface area (Å²) in [5.41, 5.74) is 0.736. The minimum atomic E-state index is -2.49. The van der Waals surface area contributed by atoms with Gasteiger partial charge in [0, 0.05) is 18.2 Å². The van der Waals surface area contributed by atoms with Gasteiger partial charge in [-0.05, 0) is 24.5 Å². The van der Waals surface area contributed by atoms with E-state index in [-0.39, 0.29) is 18.2 Å². The molecule has 5 heteroatoms. The van der Waals surface area contributed by atoms with Gasteiger partial charge in [-0.25, -0.2) is 8.78 Å². The van der Waals surface area contributed by atoms with Crippen LogP contribution in [0.15, 0.2) is 24.3 Å². The largest absolute Gasteiger partial charge is 0.480 e. The summed E-state index contributed by atoms with van der Waals surface area (Å²) in [6.45, 7) is 0.376. The molecule has 1 N–H and O–H groups in total. The average Bonchev–Trinajstić information content (AvgIpc) is 2.91. The maximum atomic E-state index is 12.7. The number of aliphatic carboxylic acids is 1. The second-order valence-corrected chi connectivity index (χ2v) is 5.28. The Morgan fingerprint density at radius 3 is 2.65 bits per heavy atom. The molecule has 20 heavy (non-hydrogen) atoms. The van der Waals surface area contributed by atoms with Crippen LogP contribution in [0.3, 0.4) is 0 Å². The van der Waals surface area contributed by atoms with Crippen LogP contribution >= 0.6 is 0 Å². The summed E-state index contributed by atoms with van der Waals surface area (Å²) in [6.07, 6.45) is 1.70. The van der Waals surface area contributed by atoms with Crippen molar-refractivity contribution in [2.24, 2.45) is 0 Å². The molecule has 1 aromatic rings. The molecule has 1 fully saturated rings. The number of carbonyl (C=O) groups is 1. The van der Waals surface area contributed by atoms with Crippen molar-refractivity contribution < 1.29 is 18.7 Å². The van der Waals surface area contributed by atoms with Gasteiger partial charge in [0.1, 0.15) is 0 Å². The number of nitrogens with zero attached hydrogens (tertiary/aromatic N) is 1. The van der Waals surface area contributed by atoms with Crippen LogP contribution in [0.25, 0.3) is 0 Å². The van der Waals surface area contributed by atoms with E-state index in [9.17, 15) is 13.6 Å². The molecule has 1 saturated carbocycles. The first-order valence-corrected chi connectivity index (χ1v) is 6.89. The number of hydrogen-bond acceptors (Lipinski definition) is 2. The van der Waals surface area contributed by atoms with E-state index in [2.05, 4.69) is 0 Å². The second kappa shape index (κ2) is 6.79. The van der Waals surface area contributed by atoms with Crippen molar-refractivity contribution in [1.29, 1.82) is 0 Å². The van der Waals surface area contributed by atoms with Crippen molar-refractivity contribution in [2.45, 2.75) is 44.7 Å². The van der Waals surface area contributed by atoms with Gasteiger partial charge in [-0.3, -0.25) is 9.69 Å². The fourth-order valence-electron chi connectivity index (χ4n) is 2.82. The van der Waals surface area contributed by atoms with Crippen LogP contribution in [-0.2, 0) is 11.3 Å². The topological polar surface area (TPSA) is 40.5 Å². The molecule has 1 aliphatic carbocycles. The highest BCUT2D eigenvalue weighted by Gasteiger charge is 2.24. The van der Waals surface area contributed by atoms with Crippen molar-refractivity contribution in [3.05, 3.63) is 35.4 Å². The lowest BCUT2D eigenvalue weighted by Gasteiger charge is -2.27. The Kier molecular flexibility index (Phi) is 5.06. The number of carboxylic acid groups (broad SMARTS) is 1. The van der Waals surface area contributed by atoms with Crippen LogP contribution in [0, 0.1) is 0 Å². The monoisotopic (exact) mass is 283 g/mol. The molecule has 0 amide bonds. The van der Waals surface area contributed by atoms with Crippen LogP contribution < -0.4 is 0 Å². The van der Waals surface area contributed by atoms with E-state index in [1.807, 2.05) is 4.90 Å². The van der Waals surface area contributed by atoms with Gasteiger partial charge in [-0.2, -0.15) is 0 Å². The molecule has 1 aromatic carbocycles. The van der Waals surface area contributed by atoms with Gasteiger partial charge in [0.05, 0.1) is 6.54 Å². The highest BCUT2D eigenvalue weighted by Crippen LogP contribution is 2.26. The third-order valence-electron chi connectivity index (χ3n) is 3.77. The molecule has 0 aromatic heterocycles. The fourth-order valence-corrected chi connectivity index (χ4v) is 2.82. The summed E-state index contributed by atoms with van der Waals surface area (Å²) < 4.78 is 25.4. The lowest BCUT2D eigenvalue weighted by molar-refractivity contribution is -0.139.